The van der Waals surface area contributed by atoms with E-state index < -0.39 is 72.2 Å². The number of aromatic nitrogens is 4. The summed E-state index contributed by atoms with van der Waals surface area (Å²) < 4.78 is 13.5. The van der Waals surface area contributed by atoms with Crippen LogP contribution in [0.3, 0.4) is 0 Å². The minimum atomic E-state index is -1.30. The van der Waals surface area contributed by atoms with Gasteiger partial charge in [0.05, 0.1) is 18.8 Å². The Hall–Kier alpha value is -3.37. The minimum Gasteiger partial charge on any atom is -0.394 e. The van der Waals surface area contributed by atoms with Gasteiger partial charge in [-0.1, -0.05) is 0 Å². The van der Waals surface area contributed by atoms with E-state index in [2.05, 4.69) is 15.3 Å². The van der Waals surface area contributed by atoms with Gasteiger partial charge in [0.2, 0.25) is 5.91 Å². The third-order valence-corrected chi connectivity index (χ3v) is 6.41. The summed E-state index contributed by atoms with van der Waals surface area (Å²) in [5.41, 5.74) is 3.84. The van der Waals surface area contributed by atoms with Gasteiger partial charge in [-0.25, -0.2) is 9.59 Å². The van der Waals surface area contributed by atoms with Crippen LogP contribution in [0.25, 0.3) is 0 Å². The van der Waals surface area contributed by atoms with E-state index in [1.807, 2.05) is 0 Å². The van der Waals surface area contributed by atoms with Crippen LogP contribution < -0.4 is 28.0 Å². The van der Waals surface area contributed by atoms with Crippen LogP contribution in [0.4, 0.5) is 5.82 Å². The number of H-pyrrole nitrogens is 1. The van der Waals surface area contributed by atoms with Gasteiger partial charge in [0.15, 0.2) is 6.23 Å². The number of nitrogens with two attached hydrogens (primary N) is 1. The van der Waals surface area contributed by atoms with Crippen molar-refractivity contribution in [3.05, 3.63) is 55.3 Å². The van der Waals surface area contributed by atoms with Crippen LogP contribution in [0.1, 0.15) is 30.9 Å². The molecule has 4 rings (SSSR count). The van der Waals surface area contributed by atoms with Gasteiger partial charge in [0.25, 0.3) is 5.56 Å². The first-order valence-electron chi connectivity index (χ1n) is 11.3. The van der Waals surface area contributed by atoms with Crippen molar-refractivity contribution >= 4 is 11.7 Å². The molecule has 0 radical (unpaired) electrons. The number of carbonyl (C=O) groups is 1. The first-order chi connectivity index (χ1) is 17.1. The highest BCUT2D eigenvalue weighted by atomic mass is 16.5. The lowest BCUT2D eigenvalue weighted by molar-refractivity contribution is -0.124. The van der Waals surface area contributed by atoms with Gasteiger partial charge in [-0.05, 0) is 13.0 Å². The number of nitrogen functional groups attached to an aromatic ring is 1. The van der Waals surface area contributed by atoms with Gasteiger partial charge in [-0.3, -0.25) is 23.7 Å². The lowest BCUT2D eigenvalue weighted by atomic mass is 9.94. The number of rotatable bonds is 7. The van der Waals surface area contributed by atoms with Crippen LogP contribution in [-0.2, 0) is 14.3 Å². The molecule has 15 nitrogen and oxygen atoms in total. The molecule has 2 aliphatic rings. The molecule has 7 N–H and O–H groups in total. The molecule has 0 bridgehead atoms. The van der Waals surface area contributed by atoms with E-state index in [0.29, 0.717) is 5.56 Å². The van der Waals surface area contributed by atoms with Gasteiger partial charge in [-0.2, -0.15) is 4.98 Å². The lowest BCUT2D eigenvalue weighted by Crippen LogP contribution is -2.40. The van der Waals surface area contributed by atoms with E-state index in [1.54, 1.807) is 0 Å². The Kier molecular flexibility index (Phi) is 7.37. The molecule has 4 heterocycles. The highest BCUT2D eigenvalue weighted by Gasteiger charge is 2.45. The third-order valence-electron chi connectivity index (χ3n) is 6.41. The van der Waals surface area contributed by atoms with Crippen molar-refractivity contribution in [1.82, 2.24) is 24.4 Å². The van der Waals surface area contributed by atoms with Crippen molar-refractivity contribution in [2.75, 3.05) is 18.9 Å². The number of hydrogen-bond acceptors (Lipinski definition) is 11. The Morgan fingerprint density at radius 2 is 2.00 bits per heavy atom. The molecular formula is C21H28N6O9. The van der Waals surface area contributed by atoms with Crippen LogP contribution in [0, 0.1) is 12.8 Å². The monoisotopic (exact) mass is 508 g/mol. The van der Waals surface area contributed by atoms with E-state index in [0.717, 1.165) is 4.57 Å². The maximum absolute atomic E-state index is 12.6. The summed E-state index contributed by atoms with van der Waals surface area (Å²) >= 11 is 0. The molecule has 15 heteroatoms. The van der Waals surface area contributed by atoms with Crippen molar-refractivity contribution in [2.45, 2.75) is 56.6 Å². The van der Waals surface area contributed by atoms with Gasteiger partial charge >= 0.3 is 11.4 Å². The maximum Gasteiger partial charge on any atom is 0.351 e. The fraction of sp³-hybridized carbons (Fsp3) is 0.571. The number of aliphatic hydroxyl groups is 3. The molecule has 0 spiro atoms. The first kappa shape index (κ1) is 25.7. The largest absolute Gasteiger partial charge is 0.394 e. The summed E-state index contributed by atoms with van der Waals surface area (Å²) in [5.74, 6) is -1.35. The quantitative estimate of drug-likeness (QED) is 0.217. The minimum absolute atomic E-state index is 0.00232. The van der Waals surface area contributed by atoms with E-state index in [-0.39, 0.29) is 25.2 Å². The second-order valence-electron chi connectivity index (χ2n) is 8.86. The Morgan fingerprint density at radius 1 is 1.25 bits per heavy atom. The van der Waals surface area contributed by atoms with Crippen LogP contribution in [-0.4, -0.2) is 77.9 Å². The Labute approximate surface area is 203 Å². The molecule has 2 fully saturated rings. The summed E-state index contributed by atoms with van der Waals surface area (Å²) in [6.45, 7) is 0.942. The topological polar surface area (TPSA) is 224 Å². The maximum atomic E-state index is 12.6. The number of aliphatic hydroxyl groups excluding tert-OH is 3. The molecule has 2 saturated heterocycles. The number of carbonyl (C=O) groups excluding carboxylic acids is 1. The molecular weight excluding hydrogens is 480 g/mol. The molecule has 0 aromatic carbocycles. The third kappa shape index (κ3) is 5.10. The number of nitrogens with zero attached hydrogens (tertiary/aromatic N) is 3. The van der Waals surface area contributed by atoms with Crippen molar-refractivity contribution < 1.29 is 29.6 Å². The summed E-state index contributed by atoms with van der Waals surface area (Å²) in [6, 6.07) is 1.36. The predicted octanol–water partition coefficient (Wildman–Crippen LogP) is -3.29. The summed E-state index contributed by atoms with van der Waals surface area (Å²) in [4.78, 5) is 54.2. The number of nitrogens with one attached hydrogen (secondary N) is 2. The fourth-order valence-corrected chi connectivity index (χ4v) is 4.44. The van der Waals surface area contributed by atoms with Crippen LogP contribution in [0.15, 0.2) is 32.8 Å². The van der Waals surface area contributed by atoms with E-state index in [9.17, 15) is 34.5 Å². The molecule has 7 atom stereocenters. The number of aromatic amines is 1. The van der Waals surface area contributed by atoms with Gasteiger partial charge < -0.3 is 35.8 Å². The van der Waals surface area contributed by atoms with Crippen molar-refractivity contribution in [2.24, 2.45) is 5.92 Å². The normalized spacial score (nSPS) is 29.9. The summed E-state index contributed by atoms with van der Waals surface area (Å²) in [7, 11) is 0. The van der Waals surface area contributed by atoms with Crippen molar-refractivity contribution in [3.8, 4) is 0 Å². The molecule has 0 unspecified atom stereocenters. The highest BCUT2D eigenvalue weighted by Crippen LogP contribution is 2.35. The van der Waals surface area contributed by atoms with E-state index in [4.69, 9.17) is 15.2 Å². The lowest BCUT2D eigenvalue weighted by Gasteiger charge is -2.20. The van der Waals surface area contributed by atoms with Crippen LogP contribution in [0.2, 0.25) is 0 Å². The molecule has 36 heavy (non-hydrogen) atoms. The van der Waals surface area contributed by atoms with E-state index in [1.165, 1.54) is 30.0 Å². The van der Waals surface area contributed by atoms with E-state index >= 15 is 0 Å². The summed E-state index contributed by atoms with van der Waals surface area (Å²) in [6.07, 6.45) is -3.57. The molecule has 2 aliphatic heterocycles. The molecule has 0 saturated carbocycles. The standard InChI is InChI=1S/C21H28N6O9/c1-9-7-27(21(34)25-18(9)32)16-5-11(29)12(35-16)6-23-15(30)4-10-13(8-28)36-19(17(10)31)26-3-2-14(22)24-20(26)33/h2-3,7,10-13,16-17,19,28-29,31H,4-6,8H2,1H3,(H,23,30)(H2,22,24,33)(H,25,32,34)/t10-,11+,12-,13-,16-,17-,19-/m1/s1. The Morgan fingerprint density at radius 3 is 2.69 bits per heavy atom. The molecule has 2 aromatic heterocycles. The number of amides is 1. The average molecular weight is 508 g/mol. The molecule has 196 valence electrons. The van der Waals surface area contributed by atoms with Crippen molar-refractivity contribution in [3.63, 3.8) is 0 Å². The highest BCUT2D eigenvalue weighted by molar-refractivity contribution is 5.76. The second-order valence-corrected chi connectivity index (χ2v) is 8.86. The SMILES string of the molecule is Cc1cn([C@H]2C[C@H](O)[C@@H](CNC(=O)C[C@H]3[C@@H](O)[C@H](n4ccc(N)nc4=O)O[C@@H]3CO)O2)c(=O)[nH]c1=O. The zero-order valence-electron chi connectivity index (χ0n) is 19.3. The number of anilines is 1. The first-order valence-corrected chi connectivity index (χ1v) is 11.3. The zero-order chi connectivity index (χ0) is 26.1. The van der Waals surface area contributed by atoms with Crippen LogP contribution in [0.5, 0.6) is 0 Å². The molecule has 2 aromatic rings. The average Bonchev–Trinajstić information content (AvgIpc) is 3.34. The number of ether oxygens (including phenoxy) is 2. The van der Waals surface area contributed by atoms with Gasteiger partial charge in [0, 0.05) is 43.3 Å². The number of aryl methyl sites for hydroxylation is 1. The fourth-order valence-electron chi connectivity index (χ4n) is 4.44. The molecule has 1 amide bonds. The second kappa shape index (κ2) is 10.3. The van der Waals surface area contributed by atoms with Crippen molar-refractivity contribution in [1.29, 1.82) is 0 Å². The summed E-state index contributed by atoms with van der Waals surface area (Å²) in [5, 5.41) is 33.4. The zero-order valence-corrected chi connectivity index (χ0v) is 19.3. The number of hydrogen-bond donors (Lipinski definition) is 6. The Balaban J connectivity index is 1.36. The van der Waals surface area contributed by atoms with Crippen LogP contribution >= 0.6 is 0 Å². The Bertz CT molecular complexity index is 1290. The van der Waals surface area contributed by atoms with Gasteiger partial charge in [0.1, 0.15) is 24.3 Å². The molecule has 0 aliphatic carbocycles. The van der Waals surface area contributed by atoms with Gasteiger partial charge in [-0.15, -0.1) is 0 Å². The predicted molar refractivity (Wildman–Crippen MR) is 122 cm³/mol. The smallest absolute Gasteiger partial charge is 0.351 e.